The summed E-state index contributed by atoms with van der Waals surface area (Å²) in [6, 6.07) is 7.24. The topological polar surface area (TPSA) is 112 Å². The predicted octanol–water partition coefficient (Wildman–Crippen LogP) is 4.61. The Kier molecular flexibility index (Phi) is 6.84. The first-order chi connectivity index (χ1) is 14.1. The van der Waals surface area contributed by atoms with E-state index in [1.807, 2.05) is 0 Å². The summed E-state index contributed by atoms with van der Waals surface area (Å²) in [6.07, 6.45) is -5.80. The Bertz CT molecular complexity index is 1000. The summed E-state index contributed by atoms with van der Waals surface area (Å²) in [6.45, 7) is 3.00. The summed E-state index contributed by atoms with van der Waals surface area (Å²) < 4.78 is 53.9. The fraction of sp³-hybridized carbons (Fsp3) is 0.263. The van der Waals surface area contributed by atoms with E-state index in [9.17, 15) is 28.1 Å². The highest BCUT2D eigenvalue weighted by atomic mass is 19.4. The van der Waals surface area contributed by atoms with Crippen molar-refractivity contribution in [3.63, 3.8) is 0 Å². The molecular formula is C19H15F3N2O6. The van der Waals surface area contributed by atoms with Crippen molar-refractivity contribution in [1.29, 1.82) is 5.26 Å². The number of nitro groups is 1. The van der Waals surface area contributed by atoms with Crippen LogP contribution in [0.2, 0.25) is 0 Å². The highest BCUT2D eigenvalue weighted by Gasteiger charge is 2.31. The Hall–Kier alpha value is -3.81. The molecule has 8 nitrogen and oxygen atoms in total. The molecule has 2 aromatic rings. The summed E-state index contributed by atoms with van der Waals surface area (Å²) in [7, 11) is 0. The van der Waals surface area contributed by atoms with Gasteiger partial charge in [0, 0.05) is 12.1 Å². The maximum Gasteiger partial charge on any atom is 0.416 e. The van der Waals surface area contributed by atoms with E-state index in [-0.39, 0.29) is 29.4 Å². The zero-order valence-electron chi connectivity index (χ0n) is 15.7. The largest absolute Gasteiger partial charge is 0.472 e. The monoisotopic (exact) mass is 424 g/mol. The number of benzene rings is 2. The molecule has 0 saturated heterocycles. The quantitative estimate of drug-likeness (QED) is 0.362. The summed E-state index contributed by atoms with van der Waals surface area (Å²) >= 11 is 0. The molecule has 11 heteroatoms. The number of nitro benzene ring substituents is 1. The minimum Gasteiger partial charge on any atom is -0.472 e. The Morgan fingerprint density at radius 1 is 1.23 bits per heavy atom. The van der Waals surface area contributed by atoms with Gasteiger partial charge in [0.15, 0.2) is 6.10 Å². The van der Waals surface area contributed by atoms with Crippen LogP contribution in [0.5, 0.6) is 17.2 Å². The molecule has 0 bridgehead atoms. The number of nitrogens with zero attached hydrogens (tertiary/aromatic N) is 2. The lowest BCUT2D eigenvalue weighted by molar-refractivity contribution is -0.386. The fourth-order valence-electron chi connectivity index (χ4n) is 2.31. The first-order valence-electron chi connectivity index (χ1n) is 8.47. The van der Waals surface area contributed by atoms with Crippen molar-refractivity contribution in [1.82, 2.24) is 0 Å². The van der Waals surface area contributed by atoms with Gasteiger partial charge in [0.1, 0.15) is 17.6 Å². The van der Waals surface area contributed by atoms with Gasteiger partial charge < -0.3 is 14.2 Å². The van der Waals surface area contributed by atoms with Crippen LogP contribution in [0.15, 0.2) is 36.4 Å². The molecule has 0 saturated carbocycles. The summed E-state index contributed by atoms with van der Waals surface area (Å²) in [4.78, 5) is 22.2. The van der Waals surface area contributed by atoms with Crippen LogP contribution in [0.3, 0.4) is 0 Å². The number of ether oxygens (including phenoxy) is 3. The minimum absolute atomic E-state index is 0.0529. The second kappa shape index (κ2) is 9.13. The predicted molar refractivity (Wildman–Crippen MR) is 96.1 cm³/mol. The summed E-state index contributed by atoms with van der Waals surface area (Å²) in [5, 5.41) is 20.3. The number of carbonyl (C=O) groups excluding carboxylic acids is 1. The van der Waals surface area contributed by atoms with E-state index in [1.165, 1.54) is 13.0 Å². The Morgan fingerprint density at radius 3 is 2.50 bits per heavy atom. The van der Waals surface area contributed by atoms with Crippen LogP contribution in [0.1, 0.15) is 25.0 Å². The van der Waals surface area contributed by atoms with Gasteiger partial charge in [-0.1, -0.05) is 0 Å². The van der Waals surface area contributed by atoms with Crippen LogP contribution >= 0.6 is 0 Å². The zero-order valence-corrected chi connectivity index (χ0v) is 15.7. The molecule has 1 atom stereocenters. The van der Waals surface area contributed by atoms with Gasteiger partial charge in [-0.3, -0.25) is 10.1 Å². The van der Waals surface area contributed by atoms with Crippen molar-refractivity contribution in [2.24, 2.45) is 0 Å². The minimum atomic E-state index is -4.64. The first-order valence-corrected chi connectivity index (χ1v) is 8.47. The Balaban J connectivity index is 2.36. The molecule has 0 amide bonds. The van der Waals surface area contributed by atoms with Crippen LogP contribution in [-0.2, 0) is 15.7 Å². The third kappa shape index (κ3) is 5.38. The lowest BCUT2D eigenvalue weighted by Crippen LogP contribution is -2.26. The molecule has 0 aliphatic rings. The van der Waals surface area contributed by atoms with Gasteiger partial charge in [-0.05, 0) is 38.1 Å². The van der Waals surface area contributed by atoms with E-state index in [4.69, 9.17) is 19.5 Å². The molecule has 158 valence electrons. The average Bonchev–Trinajstić information content (AvgIpc) is 2.67. The molecular weight excluding hydrogens is 409 g/mol. The van der Waals surface area contributed by atoms with E-state index in [1.54, 1.807) is 13.0 Å². The molecule has 0 aromatic heterocycles. The number of rotatable bonds is 7. The van der Waals surface area contributed by atoms with Crippen molar-refractivity contribution in [3.05, 3.63) is 57.6 Å². The number of alkyl halides is 3. The maximum absolute atomic E-state index is 12.8. The molecule has 0 aliphatic heterocycles. The lowest BCUT2D eigenvalue weighted by Gasteiger charge is -2.15. The zero-order chi connectivity index (χ0) is 22.5. The highest BCUT2D eigenvalue weighted by Crippen LogP contribution is 2.37. The number of halogens is 3. The van der Waals surface area contributed by atoms with Crippen molar-refractivity contribution >= 4 is 11.7 Å². The molecule has 0 N–H and O–H groups in total. The van der Waals surface area contributed by atoms with Crippen LogP contribution in [0.25, 0.3) is 0 Å². The third-order valence-corrected chi connectivity index (χ3v) is 3.71. The average molecular weight is 424 g/mol. The summed E-state index contributed by atoms with van der Waals surface area (Å²) in [5.74, 6) is -1.30. The smallest absolute Gasteiger partial charge is 0.416 e. The second-order valence-electron chi connectivity index (χ2n) is 5.82. The van der Waals surface area contributed by atoms with Gasteiger partial charge in [-0.15, -0.1) is 0 Å². The van der Waals surface area contributed by atoms with Gasteiger partial charge in [0.25, 0.3) is 0 Å². The molecule has 0 radical (unpaired) electrons. The van der Waals surface area contributed by atoms with Gasteiger partial charge in [0.2, 0.25) is 5.75 Å². The van der Waals surface area contributed by atoms with Gasteiger partial charge >= 0.3 is 17.8 Å². The third-order valence-electron chi connectivity index (χ3n) is 3.71. The van der Waals surface area contributed by atoms with Gasteiger partial charge in [0.05, 0.1) is 22.7 Å². The van der Waals surface area contributed by atoms with E-state index >= 15 is 0 Å². The first kappa shape index (κ1) is 22.5. The lowest BCUT2D eigenvalue weighted by atomic mass is 10.1. The molecule has 0 fully saturated rings. The second-order valence-corrected chi connectivity index (χ2v) is 5.82. The van der Waals surface area contributed by atoms with E-state index < -0.39 is 34.4 Å². The van der Waals surface area contributed by atoms with Crippen LogP contribution in [0, 0.1) is 21.4 Å². The van der Waals surface area contributed by atoms with Crippen LogP contribution in [0.4, 0.5) is 18.9 Å². The highest BCUT2D eigenvalue weighted by molar-refractivity contribution is 5.75. The number of hydrogen-bond acceptors (Lipinski definition) is 7. The van der Waals surface area contributed by atoms with Crippen molar-refractivity contribution < 1.29 is 37.1 Å². The number of hydrogen-bond donors (Lipinski definition) is 0. The summed E-state index contributed by atoms with van der Waals surface area (Å²) in [5.41, 5.74) is -1.88. The molecule has 0 aliphatic carbocycles. The molecule has 1 unspecified atom stereocenters. The number of esters is 1. The van der Waals surface area contributed by atoms with E-state index in [0.717, 1.165) is 24.3 Å². The number of carbonyl (C=O) groups is 1. The molecule has 0 heterocycles. The van der Waals surface area contributed by atoms with Gasteiger partial charge in [-0.25, -0.2) is 4.79 Å². The fourth-order valence-corrected chi connectivity index (χ4v) is 2.31. The Labute approximate surface area is 168 Å². The molecule has 2 aromatic carbocycles. The number of nitriles is 1. The normalized spacial score (nSPS) is 11.9. The van der Waals surface area contributed by atoms with E-state index in [2.05, 4.69) is 0 Å². The van der Waals surface area contributed by atoms with E-state index in [0.29, 0.717) is 6.07 Å². The van der Waals surface area contributed by atoms with Crippen molar-refractivity contribution in [2.75, 3.05) is 6.61 Å². The molecule has 30 heavy (non-hydrogen) atoms. The van der Waals surface area contributed by atoms with Crippen molar-refractivity contribution in [3.8, 4) is 23.3 Å². The standard InChI is InChI=1S/C19H15F3N2O6/c1-3-28-18(25)11(2)29-17-9-14(5-6-15(17)24(26)27)30-16-7-4-13(19(20,21)22)8-12(16)10-23/h4-9,11H,3H2,1-2H3. The van der Waals surface area contributed by atoms with Crippen LogP contribution in [-0.4, -0.2) is 23.6 Å². The SMILES string of the molecule is CCOC(=O)C(C)Oc1cc(Oc2ccc(C(F)(F)F)cc2C#N)ccc1[N+](=O)[O-]. The molecule has 0 spiro atoms. The maximum atomic E-state index is 12.8. The van der Waals surface area contributed by atoms with Crippen LogP contribution < -0.4 is 9.47 Å². The Morgan fingerprint density at radius 2 is 1.93 bits per heavy atom. The van der Waals surface area contributed by atoms with Crippen molar-refractivity contribution in [2.45, 2.75) is 26.1 Å². The molecule has 2 rings (SSSR count). The van der Waals surface area contributed by atoms with Gasteiger partial charge in [-0.2, -0.15) is 18.4 Å².